The molecule has 2 aromatic rings. The number of nitrogens with one attached hydrogen (secondary N) is 1. The van der Waals surface area contributed by atoms with E-state index in [0.29, 0.717) is 37.4 Å². The van der Waals surface area contributed by atoms with Crippen LogP contribution in [0.5, 0.6) is 0 Å². The number of anilines is 2. The zero-order valence-electron chi connectivity index (χ0n) is 15.6. The molecular weight excluding hydrogens is 360 g/mol. The lowest BCUT2D eigenvalue weighted by atomic mass is 10.1. The zero-order valence-corrected chi connectivity index (χ0v) is 15.6. The lowest BCUT2D eigenvalue weighted by Gasteiger charge is -2.34. The Labute approximate surface area is 163 Å². The van der Waals surface area contributed by atoms with Crippen LogP contribution in [0.25, 0.3) is 0 Å². The second kappa shape index (κ2) is 8.98. The highest BCUT2D eigenvalue weighted by molar-refractivity contribution is 6.07. The minimum atomic E-state index is -0.492. The van der Waals surface area contributed by atoms with Gasteiger partial charge in [0.1, 0.15) is 5.69 Å². The summed E-state index contributed by atoms with van der Waals surface area (Å²) in [6.07, 6.45) is 2.43. The van der Waals surface area contributed by atoms with Crippen molar-refractivity contribution in [2.45, 2.75) is 6.92 Å². The number of benzene rings is 1. The summed E-state index contributed by atoms with van der Waals surface area (Å²) < 4.78 is 5.03. The molecule has 8 heteroatoms. The predicted molar refractivity (Wildman–Crippen MR) is 104 cm³/mol. The van der Waals surface area contributed by atoms with E-state index in [1.54, 1.807) is 48.4 Å². The number of nitrogens with zero attached hydrogens (tertiary/aromatic N) is 3. The van der Waals surface area contributed by atoms with Crippen LogP contribution in [-0.2, 0) is 9.53 Å². The number of amides is 2. The van der Waals surface area contributed by atoms with Crippen LogP contribution in [0.15, 0.2) is 42.6 Å². The first kappa shape index (κ1) is 19.3. The van der Waals surface area contributed by atoms with Crippen LogP contribution in [0, 0.1) is 0 Å². The van der Waals surface area contributed by atoms with Crippen LogP contribution in [0.4, 0.5) is 11.4 Å². The Bertz CT molecular complexity index is 863. The molecule has 1 saturated heterocycles. The number of piperazine rings is 1. The summed E-state index contributed by atoms with van der Waals surface area (Å²) in [5.74, 6) is -0.904. The number of carbonyl (C=O) groups excluding carboxylic acids is 3. The van der Waals surface area contributed by atoms with Gasteiger partial charge in [-0.25, -0.2) is 4.79 Å². The van der Waals surface area contributed by atoms with E-state index in [9.17, 15) is 14.4 Å². The Balaban J connectivity index is 1.74. The van der Waals surface area contributed by atoms with Crippen molar-refractivity contribution in [1.29, 1.82) is 0 Å². The molecule has 1 fully saturated rings. The molecule has 0 radical (unpaired) electrons. The normalized spacial score (nSPS) is 13.8. The van der Waals surface area contributed by atoms with Gasteiger partial charge in [0.15, 0.2) is 0 Å². The molecule has 1 aliphatic heterocycles. The number of esters is 1. The molecule has 0 spiro atoms. The smallest absolute Gasteiger partial charge is 0.340 e. The van der Waals surface area contributed by atoms with Gasteiger partial charge in [-0.3, -0.25) is 14.6 Å². The number of aromatic nitrogens is 1. The van der Waals surface area contributed by atoms with Gasteiger partial charge in [0, 0.05) is 38.1 Å². The van der Waals surface area contributed by atoms with Crippen LogP contribution in [0.3, 0.4) is 0 Å². The first-order chi connectivity index (χ1) is 13.6. The second-order valence-corrected chi connectivity index (χ2v) is 6.25. The molecule has 28 heavy (non-hydrogen) atoms. The Morgan fingerprint density at radius 1 is 1.18 bits per heavy atom. The Kier molecular flexibility index (Phi) is 6.21. The number of rotatable bonds is 6. The number of pyridine rings is 1. The van der Waals surface area contributed by atoms with Gasteiger partial charge < -0.3 is 19.9 Å². The van der Waals surface area contributed by atoms with Crippen LogP contribution in [0.2, 0.25) is 0 Å². The number of para-hydroxylation sites is 1. The summed E-state index contributed by atoms with van der Waals surface area (Å²) in [7, 11) is 0. The van der Waals surface area contributed by atoms with Gasteiger partial charge in [0.2, 0.25) is 6.41 Å². The summed E-state index contributed by atoms with van der Waals surface area (Å²) >= 11 is 0. The fourth-order valence-electron chi connectivity index (χ4n) is 2.99. The molecule has 1 N–H and O–H groups in total. The quantitative estimate of drug-likeness (QED) is 0.605. The lowest BCUT2D eigenvalue weighted by Crippen LogP contribution is -2.45. The highest BCUT2D eigenvalue weighted by atomic mass is 16.5. The summed E-state index contributed by atoms with van der Waals surface area (Å²) in [6, 6.07) is 10.2. The van der Waals surface area contributed by atoms with Gasteiger partial charge in [-0.1, -0.05) is 12.1 Å². The SMILES string of the molecule is CCOC(=O)c1ccccc1NC(=O)c1cc(N2CCN(C=O)CC2)ccn1. The van der Waals surface area contributed by atoms with E-state index in [1.165, 1.54) is 0 Å². The van der Waals surface area contributed by atoms with Crippen LogP contribution >= 0.6 is 0 Å². The minimum Gasteiger partial charge on any atom is -0.462 e. The first-order valence-electron chi connectivity index (χ1n) is 9.10. The van der Waals surface area contributed by atoms with E-state index >= 15 is 0 Å². The fraction of sp³-hybridized carbons (Fsp3) is 0.300. The van der Waals surface area contributed by atoms with Crippen molar-refractivity contribution >= 4 is 29.7 Å². The first-order valence-corrected chi connectivity index (χ1v) is 9.10. The van der Waals surface area contributed by atoms with E-state index in [-0.39, 0.29) is 12.3 Å². The molecule has 1 aromatic carbocycles. The summed E-state index contributed by atoms with van der Waals surface area (Å²) in [4.78, 5) is 43.6. The average molecular weight is 382 g/mol. The molecule has 1 aliphatic rings. The van der Waals surface area contributed by atoms with E-state index in [1.807, 2.05) is 6.07 Å². The van der Waals surface area contributed by atoms with Crippen molar-refractivity contribution in [3.8, 4) is 0 Å². The van der Waals surface area contributed by atoms with Gasteiger partial charge in [-0.15, -0.1) is 0 Å². The average Bonchev–Trinajstić information content (AvgIpc) is 2.74. The topological polar surface area (TPSA) is 91.8 Å². The molecule has 3 rings (SSSR count). The minimum absolute atomic E-state index is 0.244. The van der Waals surface area contributed by atoms with E-state index in [2.05, 4.69) is 15.2 Å². The molecule has 2 amide bonds. The third-order valence-corrected chi connectivity index (χ3v) is 4.48. The van der Waals surface area contributed by atoms with Gasteiger partial charge in [-0.05, 0) is 31.2 Å². The van der Waals surface area contributed by atoms with Crippen molar-refractivity contribution in [3.63, 3.8) is 0 Å². The molecule has 0 aliphatic carbocycles. The molecule has 0 bridgehead atoms. The molecule has 0 unspecified atom stereocenters. The van der Waals surface area contributed by atoms with Gasteiger partial charge in [0.05, 0.1) is 17.9 Å². The standard InChI is InChI=1S/C20H22N4O4/c1-2-28-20(27)16-5-3-4-6-17(16)22-19(26)18-13-15(7-8-21-18)24-11-9-23(14-25)10-12-24/h3-8,13-14H,2,9-12H2,1H3,(H,22,26). The van der Waals surface area contributed by atoms with Crippen LogP contribution < -0.4 is 10.2 Å². The van der Waals surface area contributed by atoms with Gasteiger partial charge in [0.25, 0.3) is 5.91 Å². The Morgan fingerprint density at radius 3 is 2.64 bits per heavy atom. The number of hydrogen-bond donors (Lipinski definition) is 1. The summed E-state index contributed by atoms with van der Waals surface area (Å²) in [5.41, 5.74) is 1.77. The Hall–Kier alpha value is -3.42. The number of ether oxygens (including phenoxy) is 1. The second-order valence-electron chi connectivity index (χ2n) is 6.25. The third kappa shape index (κ3) is 4.46. The van der Waals surface area contributed by atoms with E-state index in [4.69, 9.17) is 4.74 Å². The predicted octanol–water partition coefficient (Wildman–Crippen LogP) is 1.79. The van der Waals surface area contributed by atoms with E-state index in [0.717, 1.165) is 12.1 Å². The van der Waals surface area contributed by atoms with Crippen LogP contribution in [-0.4, -0.2) is 61.0 Å². The molecule has 8 nitrogen and oxygen atoms in total. The monoisotopic (exact) mass is 382 g/mol. The summed E-state index contributed by atoms with van der Waals surface area (Å²) in [5, 5.41) is 2.74. The van der Waals surface area contributed by atoms with Crippen molar-refractivity contribution < 1.29 is 19.1 Å². The van der Waals surface area contributed by atoms with Crippen LogP contribution in [0.1, 0.15) is 27.8 Å². The third-order valence-electron chi connectivity index (χ3n) is 4.48. The molecular formula is C20H22N4O4. The lowest BCUT2D eigenvalue weighted by molar-refractivity contribution is -0.118. The maximum atomic E-state index is 12.7. The highest BCUT2D eigenvalue weighted by Gasteiger charge is 2.19. The van der Waals surface area contributed by atoms with Crippen molar-refractivity contribution in [2.24, 2.45) is 0 Å². The van der Waals surface area contributed by atoms with Crippen molar-refractivity contribution in [3.05, 3.63) is 53.9 Å². The van der Waals surface area contributed by atoms with Crippen molar-refractivity contribution in [2.75, 3.05) is 43.0 Å². The number of hydrogen-bond acceptors (Lipinski definition) is 6. The molecule has 0 atom stereocenters. The maximum Gasteiger partial charge on any atom is 0.340 e. The molecule has 2 heterocycles. The highest BCUT2D eigenvalue weighted by Crippen LogP contribution is 2.20. The maximum absolute atomic E-state index is 12.7. The fourth-order valence-corrected chi connectivity index (χ4v) is 2.99. The molecule has 146 valence electrons. The van der Waals surface area contributed by atoms with Gasteiger partial charge >= 0.3 is 5.97 Å². The molecule has 1 aromatic heterocycles. The number of carbonyl (C=O) groups is 3. The Morgan fingerprint density at radius 2 is 1.93 bits per heavy atom. The van der Waals surface area contributed by atoms with Gasteiger partial charge in [-0.2, -0.15) is 0 Å². The van der Waals surface area contributed by atoms with Crippen molar-refractivity contribution in [1.82, 2.24) is 9.88 Å². The van der Waals surface area contributed by atoms with E-state index < -0.39 is 11.9 Å². The molecule has 0 saturated carbocycles. The summed E-state index contributed by atoms with van der Waals surface area (Å²) in [6.45, 7) is 4.64. The largest absolute Gasteiger partial charge is 0.462 e. The zero-order chi connectivity index (χ0) is 19.9.